The Labute approximate surface area is 148 Å². The maximum Gasteiger partial charge on any atom is 0.276 e. The van der Waals surface area contributed by atoms with Crippen molar-refractivity contribution in [2.45, 2.75) is 25.2 Å². The third-order valence-corrected chi connectivity index (χ3v) is 4.74. The Hall–Kier alpha value is -2.54. The second kappa shape index (κ2) is 8.02. The van der Waals surface area contributed by atoms with E-state index < -0.39 is 10.0 Å². The number of hydrogen-bond donors (Lipinski definition) is 2. The first kappa shape index (κ1) is 18.8. The number of phenolic OH excluding ortho intramolecular Hbond substituents is 1. The maximum absolute atomic E-state index is 12.3. The van der Waals surface area contributed by atoms with Gasteiger partial charge in [-0.2, -0.15) is 13.5 Å². The minimum Gasteiger partial charge on any atom is -0.504 e. The standard InChI is InChI=1S/C18H22N2O4S/c1-13(2)11-14-7-9-16(10-8-14)25(22,23)20-19-12-15-5-4-6-17(24-3)18(15)21/h4-10,12-13,20-21H,11H2,1-3H3. The van der Waals surface area contributed by atoms with E-state index in [-0.39, 0.29) is 16.4 Å². The van der Waals surface area contributed by atoms with E-state index in [4.69, 9.17) is 4.74 Å². The van der Waals surface area contributed by atoms with Gasteiger partial charge in [0.15, 0.2) is 11.5 Å². The number of ether oxygens (including phenoxy) is 1. The molecule has 2 rings (SSSR count). The lowest BCUT2D eigenvalue weighted by Gasteiger charge is -2.07. The van der Waals surface area contributed by atoms with Gasteiger partial charge in [-0.15, -0.1) is 0 Å². The van der Waals surface area contributed by atoms with Gasteiger partial charge in [0.25, 0.3) is 10.0 Å². The molecule has 0 saturated heterocycles. The molecule has 0 bridgehead atoms. The minimum atomic E-state index is -3.76. The molecule has 0 aliphatic heterocycles. The zero-order valence-corrected chi connectivity index (χ0v) is 15.2. The summed E-state index contributed by atoms with van der Waals surface area (Å²) >= 11 is 0. The van der Waals surface area contributed by atoms with Crippen LogP contribution in [-0.2, 0) is 16.4 Å². The van der Waals surface area contributed by atoms with Gasteiger partial charge in [-0.1, -0.05) is 32.0 Å². The van der Waals surface area contributed by atoms with Crippen LogP contribution in [-0.4, -0.2) is 26.8 Å². The average molecular weight is 362 g/mol. The molecule has 2 aromatic carbocycles. The molecule has 0 aromatic heterocycles. The normalized spacial score (nSPS) is 11.8. The van der Waals surface area contributed by atoms with Crippen LogP contribution in [0, 0.1) is 5.92 Å². The topological polar surface area (TPSA) is 88.0 Å². The second-order valence-electron chi connectivity index (χ2n) is 5.99. The Bertz CT molecular complexity index is 844. The van der Waals surface area contributed by atoms with E-state index in [1.165, 1.54) is 13.3 Å². The molecule has 2 aromatic rings. The molecule has 2 N–H and O–H groups in total. The molecule has 0 saturated carbocycles. The summed E-state index contributed by atoms with van der Waals surface area (Å²) in [6, 6.07) is 11.6. The summed E-state index contributed by atoms with van der Waals surface area (Å²) in [5, 5.41) is 13.7. The predicted molar refractivity (Wildman–Crippen MR) is 97.6 cm³/mol. The number of aromatic hydroxyl groups is 1. The van der Waals surface area contributed by atoms with Crippen LogP contribution in [0.3, 0.4) is 0 Å². The average Bonchev–Trinajstić information content (AvgIpc) is 2.56. The molecule has 0 aliphatic rings. The number of hydrazone groups is 1. The summed E-state index contributed by atoms with van der Waals surface area (Å²) in [6.07, 6.45) is 2.11. The van der Waals surface area contributed by atoms with Crippen LogP contribution < -0.4 is 9.57 Å². The van der Waals surface area contributed by atoms with Crippen LogP contribution in [0.2, 0.25) is 0 Å². The largest absolute Gasteiger partial charge is 0.504 e. The van der Waals surface area contributed by atoms with Gasteiger partial charge in [-0.3, -0.25) is 0 Å². The zero-order valence-electron chi connectivity index (χ0n) is 14.4. The number of sulfonamides is 1. The summed E-state index contributed by atoms with van der Waals surface area (Å²) in [5.41, 5.74) is 1.42. The number of hydrogen-bond acceptors (Lipinski definition) is 5. The van der Waals surface area contributed by atoms with Crippen molar-refractivity contribution in [1.82, 2.24) is 4.83 Å². The van der Waals surface area contributed by atoms with Crippen molar-refractivity contribution in [3.63, 3.8) is 0 Å². The van der Waals surface area contributed by atoms with Crippen LogP contribution in [0.1, 0.15) is 25.0 Å². The van der Waals surface area contributed by atoms with Crippen LogP contribution in [0.25, 0.3) is 0 Å². The van der Waals surface area contributed by atoms with Gasteiger partial charge in [0.2, 0.25) is 0 Å². The fraction of sp³-hybridized carbons (Fsp3) is 0.278. The van der Waals surface area contributed by atoms with Crippen LogP contribution in [0.15, 0.2) is 52.5 Å². The van der Waals surface area contributed by atoms with E-state index in [1.807, 2.05) is 0 Å². The van der Waals surface area contributed by atoms with E-state index in [9.17, 15) is 13.5 Å². The minimum absolute atomic E-state index is 0.106. The molecule has 6 nitrogen and oxygen atoms in total. The van der Waals surface area contributed by atoms with E-state index in [2.05, 4.69) is 23.8 Å². The second-order valence-corrected chi connectivity index (χ2v) is 7.65. The Morgan fingerprint density at radius 3 is 2.48 bits per heavy atom. The highest BCUT2D eigenvalue weighted by molar-refractivity contribution is 7.89. The maximum atomic E-state index is 12.3. The summed E-state index contributed by atoms with van der Waals surface area (Å²) in [4.78, 5) is 2.27. The van der Waals surface area contributed by atoms with Crippen molar-refractivity contribution in [2.75, 3.05) is 7.11 Å². The molecule has 0 atom stereocenters. The first-order valence-corrected chi connectivity index (χ1v) is 9.31. The molecule has 0 unspecified atom stereocenters. The van der Waals surface area contributed by atoms with Crippen molar-refractivity contribution in [3.05, 3.63) is 53.6 Å². The fourth-order valence-corrected chi connectivity index (χ4v) is 3.09. The predicted octanol–water partition coefficient (Wildman–Crippen LogP) is 2.91. The lowest BCUT2D eigenvalue weighted by Crippen LogP contribution is -2.18. The van der Waals surface area contributed by atoms with Gasteiger partial charge in [0.05, 0.1) is 18.2 Å². The summed E-state index contributed by atoms with van der Waals surface area (Å²) < 4.78 is 29.5. The summed E-state index contributed by atoms with van der Waals surface area (Å²) in [6.45, 7) is 4.21. The Balaban J connectivity index is 2.11. The molecule has 25 heavy (non-hydrogen) atoms. The number of para-hydroxylation sites is 1. The molecular formula is C18H22N2O4S. The number of methoxy groups -OCH3 is 1. The lowest BCUT2D eigenvalue weighted by molar-refractivity contribution is 0.373. The quantitative estimate of drug-likeness (QED) is 0.585. The molecular weight excluding hydrogens is 340 g/mol. The number of phenols is 1. The third-order valence-electron chi connectivity index (χ3n) is 3.50. The van der Waals surface area contributed by atoms with Gasteiger partial charge >= 0.3 is 0 Å². The highest BCUT2D eigenvalue weighted by atomic mass is 32.2. The number of benzene rings is 2. The van der Waals surface area contributed by atoms with Crippen molar-refractivity contribution in [2.24, 2.45) is 11.0 Å². The number of nitrogens with zero attached hydrogens (tertiary/aromatic N) is 1. The molecule has 7 heteroatoms. The first-order valence-electron chi connectivity index (χ1n) is 7.83. The van der Waals surface area contributed by atoms with Crippen LogP contribution in [0.4, 0.5) is 0 Å². The molecule has 0 fully saturated rings. The van der Waals surface area contributed by atoms with Crippen molar-refractivity contribution in [3.8, 4) is 11.5 Å². The molecule has 134 valence electrons. The van der Waals surface area contributed by atoms with Crippen molar-refractivity contribution < 1.29 is 18.3 Å². The highest BCUT2D eigenvalue weighted by Gasteiger charge is 2.13. The van der Waals surface area contributed by atoms with Crippen LogP contribution in [0.5, 0.6) is 11.5 Å². The molecule has 0 radical (unpaired) electrons. The molecule has 0 amide bonds. The Morgan fingerprint density at radius 1 is 1.20 bits per heavy atom. The Kier molecular flexibility index (Phi) is 6.03. The zero-order chi connectivity index (χ0) is 18.4. The van der Waals surface area contributed by atoms with Gasteiger partial charge in [-0.25, -0.2) is 4.83 Å². The van der Waals surface area contributed by atoms with E-state index in [0.29, 0.717) is 11.5 Å². The lowest BCUT2D eigenvalue weighted by atomic mass is 10.0. The fourth-order valence-electron chi connectivity index (χ4n) is 2.30. The highest BCUT2D eigenvalue weighted by Crippen LogP contribution is 2.27. The number of nitrogens with one attached hydrogen (secondary N) is 1. The van der Waals surface area contributed by atoms with Crippen molar-refractivity contribution >= 4 is 16.2 Å². The van der Waals surface area contributed by atoms with Gasteiger partial charge in [-0.05, 0) is 42.2 Å². The van der Waals surface area contributed by atoms with Crippen LogP contribution >= 0.6 is 0 Å². The molecule has 0 spiro atoms. The Morgan fingerprint density at radius 2 is 1.88 bits per heavy atom. The van der Waals surface area contributed by atoms with E-state index in [0.717, 1.165) is 12.0 Å². The smallest absolute Gasteiger partial charge is 0.276 e. The summed E-state index contributed by atoms with van der Waals surface area (Å²) in [7, 11) is -2.33. The molecule has 0 heterocycles. The summed E-state index contributed by atoms with van der Waals surface area (Å²) in [5.74, 6) is 0.680. The number of rotatable bonds is 7. The third kappa shape index (κ3) is 4.96. The first-order chi connectivity index (χ1) is 11.8. The SMILES string of the molecule is COc1cccc(C=NNS(=O)(=O)c2ccc(CC(C)C)cc2)c1O. The monoisotopic (exact) mass is 362 g/mol. The van der Waals surface area contributed by atoms with E-state index >= 15 is 0 Å². The molecule has 0 aliphatic carbocycles. The van der Waals surface area contributed by atoms with Gasteiger partial charge in [0.1, 0.15) is 0 Å². The van der Waals surface area contributed by atoms with E-state index in [1.54, 1.807) is 42.5 Å². The van der Waals surface area contributed by atoms with Gasteiger partial charge in [0, 0.05) is 5.56 Å². The van der Waals surface area contributed by atoms with Crippen molar-refractivity contribution in [1.29, 1.82) is 0 Å². The van der Waals surface area contributed by atoms with Gasteiger partial charge < -0.3 is 9.84 Å².